The first-order valence-corrected chi connectivity index (χ1v) is 9.56. The third-order valence-corrected chi connectivity index (χ3v) is 5.35. The standard InChI is InChI=1S/C20H26N6O/c1-21-20(27)18-11-17(12-22-18)26-14-19(23-24-26)16-7-5-15(6-8-16)13-25-9-3-2-4-10-25/h2-3,5-8,14,17-18,22H,4,9-13H2,1H3,(H,21,27)/t17-,18-/m0/s1. The molecule has 1 saturated heterocycles. The summed E-state index contributed by atoms with van der Waals surface area (Å²) in [6.07, 6.45) is 8.33. The van der Waals surface area contributed by atoms with E-state index in [4.69, 9.17) is 0 Å². The van der Waals surface area contributed by atoms with Gasteiger partial charge in [-0.05, 0) is 18.4 Å². The molecule has 1 amide bonds. The third-order valence-electron chi connectivity index (χ3n) is 5.35. The molecule has 2 atom stereocenters. The number of rotatable bonds is 5. The van der Waals surface area contributed by atoms with Crippen LogP contribution in [-0.4, -0.2) is 58.5 Å². The number of nitrogens with one attached hydrogen (secondary N) is 2. The predicted octanol–water partition coefficient (Wildman–Crippen LogP) is 1.36. The zero-order valence-electron chi connectivity index (χ0n) is 15.6. The second-order valence-corrected chi connectivity index (χ2v) is 7.24. The summed E-state index contributed by atoms with van der Waals surface area (Å²) in [7, 11) is 1.66. The smallest absolute Gasteiger partial charge is 0.236 e. The zero-order chi connectivity index (χ0) is 18.6. The Bertz CT molecular complexity index is 812. The van der Waals surface area contributed by atoms with Crippen LogP contribution < -0.4 is 10.6 Å². The van der Waals surface area contributed by atoms with E-state index in [9.17, 15) is 4.79 Å². The maximum absolute atomic E-state index is 11.8. The van der Waals surface area contributed by atoms with Gasteiger partial charge in [0, 0.05) is 38.8 Å². The van der Waals surface area contributed by atoms with E-state index >= 15 is 0 Å². The van der Waals surface area contributed by atoms with Gasteiger partial charge in [-0.15, -0.1) is 5.10 Å². The topological polar surface area (TPSA) is 75.1 Å². The van der Waals surface area contributed by atoms with Crippen molar-refractivity contribution in [1.29, 1.82) is 0 Å². The molecule has 4 rings (SSSR count). The Morgan fingerprint density at radius 2 is 2.15 bits per heavy atom. The lowest BCUT2D eigenvalue weighted by Crippen LogP contribution is -2.38. The maximum atomic E-state index is 11.8. The summed E-state index contributed by atoms with van der Waals surface area (Å²) in [5.74, 6) is 0.0256. The highest BCUT2D eigenvalue weighted by atomic mass is 16.2. The van der Waals surface area contributed by atoms with Crippen molar-refractivity contribution in [1.82, 2.24) is 30.5 Å². The van der Waals surface area contributed by atoms with Crippen molar-refractivity contribution in [2.45, 2.75) is 31.5 Å². The van der Waals surface area contributed by atoms with Gasteiger partial charge in [-0.1, -0.05) is 41.6 Å². The minimum absolute atomic E-state index is 0.0256. The number of carbonyl (C=O) groups is 1. The van der Waals surface area contributed by atoms with E-state index in [1.54, 1.807) is 7.05 Å². The molecule has 142 valence electrons. The molecule has 2 aromatic rings. The minimum atomic E-state index is -0.156. The zero-order valence-corrected chi connectivity index (χ0v) is 15.6. The van der Waals surface area contributed by atoms with E-state index in [0.717, 1.165) is 50.3 Å². The predicted molar refractivity (Wildman–Crippen MR) is 104 cm³/mol. The molecule has 1 aromatic carbocycles. The van der Waals surface area contributed by atoms with Crippen molar-refractivity contribution < 1.29 is 4.79 Å². The second kappa shape index (κ2) is 8.02. The van der Waals surface area contributed by atoms with Crippen LogP contribution in [-0.2, 0) is 11.3 Å². The summed E-state index contributed by atoms with van der Waals surface area (Å²) in [5.41, 5.74) is 3.25. The minimum Gasteiger partial charge on any atom is -0.358 e. The fraction of sp³-hybridized carbons (Fsp3) is 0.450. The van der Waals surface area contributed by atoms with Crippen molar-refractivity contribution in [3.05, 3.63) is 48.2 Å². The Morgan fingerprint density at radius 1 is 1.30 bits per heavy atom. The highest BCUT2D eigenvalue weighted by molar-refractivity contribution is 5.81. The van der Waals surface area contributed by atoms with Gasteiger partial charge in [-0.2, -0.15) is 0 Å². The Hall–Kier alpha value is -2.51. The quantitative estimate of drug-likeness (QED) is 0.782. The fourth-order valence-electron chi connectivity index (χ4n) is 3.75. The summed E-state index contributed by atoms with van der Waals surface area (Å²) in [6.45, 7) is 3.86. The van der Waals surface area contributed by atoms with Gasteiger partial charge in [-0.25, -0.2) is 4.68 Å². The molecule has 2 aliphatic heterocycles. The van der Waals surface area contributed by atoms with Crippen molar-refractivity contribution in [3.63, 3.8) is 0 Å². The third kappa shape index (κ3) is 4.09. The molecule has 0 unspecified atom stereocenters. The fourth-order valence-corrected chi connectivity index (χ4v) is 3.75. The molecule has 0 aliphatic carbocycles. The number of nitrogens with zero attached hydrogens (tertiary/aromatic N) is 4. The summed E-state index contributed by atoms with van der Waals surface area (Å²) < 4.78 is 1.87. The van der Waals surface area contributed by atoms with Gasteiger partial charge in [0.1, 0.15) is 5.69 Å². The van der Waals surface area contributed by atoms with E-state index in [-0.39, 0.29) is 18.0 Å². The number of amides is 1. The van der Waals surface area contributed by atoms with Crippen LogP contribution in [0.3, 0.4) is 0 Å². The number of hydrogen-bond acceptors (Lipinski definition) is 5. The number of carbonyl (C=O) groups excluding carboxylic acids is 1. The first kappa shape index (κ1) is 17.9. The van der Waals surface area contributed by atoms with Gasteiger partial charge >= 0.3 is 0 Å². The van der Waals surface area contributed by atoms with Crippen molar-refractivity contribution in [3.8, 4) is 11.3 Å². The normalized spacial score (nSPS) is 22.9. The molecule has 1 aromatic heterocycles. The molecule has 27 heavy (non-hydrogen) atoms. The Balaban J connectivity index is 1.39. The van der Waals surface area contributed by atoms with Crippen molar-refractivity contribution in [2.75, 3.05) is 26.7 Å². The van der Waals surface area contributed by atoms with Crippen LogP contribution in [0.25, 0.3) is 11.3 Å². The molecule has 1 fully saturated rings. The molecule has 3 heterocycles. The molecule has 0 radical (unpaired) electrons. The molecular formula is C20H26N6O. The SMILES string of the molecule is CNC(=O)[C@@H]1C[C@H](n2cc(-c3ccc(CN4CC=CCC4)cc3)nn2)CN1. The highest BCUT2D eigenvalue weighted by Gasteiger charge is 2.30. The molecule has 2 aliphatic rings. The molecule has 0 saturated carbocycles. The van der Waals surface area contributed by atoms with Gasteiger partial charge in [0.05, 0.1) is 18.3 Å². The van der Waals surface area contributed by atoms with Crippen LogP contribution in [0.15, 0.2) is 42.6 Å². The van der Waals surface area contributed by atoms with E-state index < -0.39 is 0 Å². The van der Waals surface area contributed by atoms with Gasteiger partial charge in [0.15, 0.2) is 0 Å². The Kier molecular flexibility index (Phi) is 5.31. The van der Waals surface area contributed by atoms with Crippen LogP contribution in [0.2, 0.25) is 0 Å². The lowest BCUT2D eigenvalue weighted by Gasteiger charge is -2.22. The van der Waals surface area contributed by atoms with E-state index in [1.807, 2.05) is 10.9 Å². The number of benzene rings is 1. The van der Waals surface area contributed by atoms with Crippen molar-refractivity contribution >= 4 is 5.91 Å². The lowest BCUT2D eigenvalue weighted by atomic mass is 10.1. The average Bonchev–Trinajstić information content (AvgIpc) is 3.38. The Labute approximate surface area is 159 Å². The van der Waals surface area contributed by atoms with Crippen LogP contribution >= 0.6 is 0 Å². The first-order valence-electron chi connectivity index (χ1n) is 9.56. The van der Waals surface area contributed by atoms with E-state index in [2.05, 4.69) is 62.3 Å². The van der Waals surface area contributed by atoms with Gasteiger partial charge < -0.3 is 10.6 Å². The van der Waals surface area contributed by atoms with Crippen molar-refractivity contribution in [2.24, 2.45) is 0 Å². The number of aromatic nitrogens is 3. The van der Waals surface area contributed by atoms with Gasteiger partial charge in [0.2, 0.25) is 5.91 Å². The number of hydrogen-bond donors (Lipinski definition) is 2. The molecular weight excluding hydrogens is 340 g/mol. The summed E-state index contributed by atoms with van der Waals surface area (Å²) in [6, 6.07) is 8.57. The Morgan fingerprint density at radius 3 is 2.89 bits per heavy atom. The summed E-state index contributed by atoms with van der Waals surface area (Å²) in [5, 5.41) is 14.6. The van der Waals surface area contributed by atoms with Crippen LogP contribution in [0, 0.1) is 0 Å². The van der Waals surface area contributed by atoms with Gasteiger partial charge in [-0.3, -0.25) is 9.69 Å². The monoisotopic (exact) mass is 366 g/mol. The summed E-state index contributed by atoms with van der Waals surface area (Å²) >= 11 is 0. The number of likely N-dealkylation sites (N-methyl/N-ethyl adjacent to an activating group) is 1. The highest BCUT2D eigenvalue weighted by Crippen LogP contribution is 2.23. The maximum Gasteiger partial charge on any atom is 0.236 e. The average molecular weight is 366 g/mol. The van der Waals surface area contributed by atoms with E-state index in [1.165, 1.54) is 5.56 Å². The first-order chi connectivity index (χ1) is 13.2. The summed E-state index contributed by atoms with van der Waals surface area (Å²) in [4.78, 5) is 14.2. The van der Waals surface area contributed by atoms with Crippen LogP contribution in [0.1, 0.15) is 24.4 Å². The molecule has 7 heteroatoms. The molecule has 0 spiro atoms. The molecule has 0 bridgehead atoms. The molecule has 2 N–H and O–H groups in total. The van der Waals surface area contributed by atoms with Crippen LogP contribution in [0.5, 0.6) is 0 Å². The van der Waals surface area contributed by atoms with Gasteiger partial charge in [0.25, 0.3) is 0 Å². The van der Waals surface area contributed by atoms with E-state index in [0.29, 0.717) is 0 Å². The molecule has 7 nitrogen and oxygen atoms in total. The largest absolute Gasteiger partial charge is 0.358 e. The lowest BCUT2D eigenvalue weighted by molar-refractivity contribution is -0.122. The second-order valence-electron chi connectivity index (χ2n) is 7.24. The van der Waals surface area contributed by atoms with Crippen LogP contribution in [0.4, 0.5) is 0 Å².